The molecule has 0 spiro atoms. The van der Waals surface area contributed by atoms with Crippen molar-refractivity contribution in [3.8, 4) is 0 Å². The standard InChI is InChI=1S/C20H28N4S/c1-3-8-17(9-4-1)14-22-20(24-18-10-5-2-6-11-18)25-13-7-12-19-15-21-16-23-19/h1,3-4,8-9,15-16,18H,2,5-7,10-14H2,(H,21,23)(H,22,24). The van der Waals surface area contributed by atoms with Crippen molar-refractivity contribution < 1.29 is 0 Å². The number of hydrogen-bond acceptors (Lipinski definition) is 3. The quantitative estimate of drug-likeness (QED) is 0.434. The molecule has 1 aromatic carbocycles. The molecule has 4 nitrogen and oxygen atoms in total. The number of imidazole rings is 1. The number of aryl methyl sites for hydroxylation is 1. The summed E-state index contributed by atoms with van der Waals surface area (Å²) in [6, 6.07) is 11.1. The van der Waals surface area contributed by atoms with Crippen LogP contribution in [0.3, 0.4) is 0 Å². The van der Waals surface area contributed by atoms with Crippen LogP contribution < -0.4 is 5.32 Å². The summed E-state index contributed by atoms with van der Waals surface area (Å²) in [5, 5.41) is 4.82. The zero-order chi connectivity index (χ0) is 17.2. The van der Waals surface area contributed by atoms with E-state index < -0.39 is 0 Å². The van der Waals surface area contributed by atoms with Gasteiger partial charge in [-0.2, -0.15) is 0 Å². The van der Waals surface area contributed by atoms with Gasteiger partial charge in [0.05, 0.1) is 12.9 Å². The Morgan fingerprint density at radius 3 is 2.80 bits per heavy atom. The van der Waals surface area contributed by atoms with Crippen molar-refractivity contribution in [1.82, 2.24) is 15.3 Å². The molecule has 2 aromatic rings. The fourth-order valence-corrected chi connectivity index (χ4v) is 4.04. The summed E-state index contributed by atoms with van der Waals surface area (Å²) < 4.78 is 0. The maximum Gasteiger partial charge on any atom is 0.157 e. The Bertz CT molecular complexity index is 618. The van der Waals surface area contributed by atoms with Gasteiger partial charge in [-0.25, -0.2) is 4.98 Å². The van der Waals surface area contributed by atoms with E-state index in [2.05, 4.69) is 45.6 Å². The van der Waals surface area contributed by atoms with Gasteiger partial charge in [0.15, 0.2) is 5.17 Å². The van der Waals surface area contributed by atoms with Gasteiger partial charge in [0.25, 0.3) is 0 Å². The molecular weight excluding hydrogens is 328 g/mol. The second-order valence-electron chi connectivity index (χ2n) is 6.62. The van der Waals surface area contributed by atoms with Gasteiger partial charge >= 0.3 is 0 Å². The predicted octanol–water partition coefficient (Wildman–Crippen LogP) is 4.55. The zero-order valence-electron chi connectivity index (χ0n) is 14.8. The summed E-state index contributed by atoms with van der Waals surface area (Å²) in [6.07, 6.45) is 12.5. The molecule has 1 saturated carbocycles. The highest BCUT2D eigenvalue weighted by atomic mass is 32.2. The molecular formula is C20H28N4S. The fraction of sp³-hybridized carbons (Fsp3) is 0.500. The molecule has 0 atom stereocenters. The highest BCUT2D eigenvalue weighted by Crippen LogP contribution is 2.19. The lowest BCUT2D eigenvalue weighted by Crippen LogP contribution is -2.35. The molecule has 0 unspecified atom stereocenters. The third-order valence-electron chi connectivity index (χ3n) is 4.56. The Hall–Kier alpha value is -1.75. The van der Waals surface area contributed by atoms with Crippen LogP contribution in [0.5, 0.6) is 0 Å². The third kappa shape index (κ3) is 6.58. The maximum absolute atomic E-state index is 4.87. The van der Waals surface area contributed by atoms with Gasteiger partial charge in [0.2, 0.25) is 0 Å². The van der Waals surface area contributed by atoms with Crippen LogP contribution in [0.1, 0.15) is 49.8 Å². The van der Waals surface area contributed by atoms with Gasteiger partial charge in [0, 0.05) is 23.7 Å². The number of aliphatic imine (C=N–C) groups is 1. The number of thioether (sulfide) groups is 1. The van der Waals surface area contributed by atoms with Crippen molar-refractivity contribution in [2.24, 2.45) is 4.99 Å². The number of nitrogens with zero attached hydrogens (tertiary/aromatic N) is 2. The predicted molar refractivity (Wildman–Crippen MR) is 107 cm³/mol. The van der Waals surface area contributed by atoms with E-state index in [4.69, 9.17) is 4.99 Å². The van der Waals surface area contributed by atoms with Crippen LogP contribution in [0.15, 0.2) is 47.8 Å². The second kappa shape index (κ2) is 10.3. The Kier molecular flexibility index (Phi) is 7.43. The Morgan fingerprint density at radius 2 is 2.04 bits per heavy atom. The third-order valence-corrected chi connectivity index (χ3v) is 5.58. The van der Waals surface area contributed by atoms with Crippen LogP contribution in [-0.2, 0) is 13.0 Å². The Labute approximate surface area is 154 Å². The highest BCUT2D eigenvalue weighted by molar-refractivity contribution is 8.13. The number of nitrogens with one attached hydrogen (secondary N) is 2. The zero-order valence-corrected chi connectivity index (χ0v) is 15.6. The number of aromatic amines is 1. The summed E-state index contributed by atoms with van der Waals surface area (Å²) in [7, 11) is 0. The molecule has 0 amide bonds. The largest absolute Gasteiger partial charge is 0.362 e. The first kappa shape index (κ1) is 18.1. The average Bonchev–Trinajstić information content (AvgIpc) is 3.18. The van der Waals surface area contributed by atoms with Crippen LogP contribution >= 0.6 is 11.8 Å². The summed E-state index contributed by atoms with van der Waals surface area (Å²) >= 11 is 1.86. The molecule has 1 fully saturated rings. The maximum atomic E-state index is 4.87. The van der Waals surface area contributed by atoms with Crippen molar-refractivity contribution in [3.63, 3.8) is 0 Å². The first-order valence-corrected chi connectivity index (χ1v) is 10.3. The molecule has 2 N–H and O–H groups in total. The van der Waals surface area contributed by atoms with Gasteiger partial charge in [-0.1, -0.05) is 61.4 Å². The summed E-state index contributed by atoms with van der Waals surface area (Å²) in [4.78, 5) is 12.1. The first-order chi connectivity index (χ1) is 12.4. The van der Waals surface area contributed by atoms with Crippen molar-refractivity contribution in [2.75, 3.05) is 5.75 Å². The van der Waals surface area contributed by atoms with Crippen LogP contribution in [0.4, 0.5) is 0 Å². The fourth-order valence-electron chi connectivity index (χ4n) is 3.15. The van der Waals surface area contributed by atoms with E-state index in [0.717, 1.165) is 30.3 Å². The number of H-pyrrole nitrogens is 1. The highest BCUT2D eigenvalue weighted by Gasteiger charge is 2.15. The minimum absolute atomic E-state index is 0.600. The number of aromatic nitrogens is 2. The van der Waals surface area contributed by atoms with E-state index in [1.807, 2.05) is 18.0 Å². The summed E-state index contributed by atoms with van der Waals surface area (Å²) in [5.41, 5.74) is 2.48. The molecule has 1 heterocycles. The Morgan fingerprint density at radius 1 is 1.20 bits per heavy atom. The van der Waals surface area contributed by atoms with E-state index in [9.17, 15) is 0 Å². The second-order valence-corrected chi connectivity index (χ2v) is 7.70. The van der Waals surface area contributed by atoms with Gasteiger partial charge < -0.3 is 10.3 Å². The number of hydrogen-bond donors (Lipinski definition) is 2. The SMILES string of the molecule is c1ccc(CN=C(NC2CCCCC2)SCCCc2cnc[nH]2)cc1. The molecule has 0 radical (unpaired) electrons. The topological polar surface area (TPSA) is 53.1 Å². The molecule has 1 aromatic heterocycles. The lowest BCUT2D eigenvalue weighted by atomic mass is 9.96. The van der Waals surface area contributed by atoms with Crippen molar-refractivity contribution in [2.45, 2.75) is 57.5 Å². The van der Waals surface area contributed by atoms with Crippen LogP contribution in [0, 0.1) is 0 Å². The van der Waals surface area contributed by atoms with E-state index in [1.165, 1.54) is 43.4 Å². The van der Waals surface area contributed by atoms with Crippen LogP contribution in [0.2, 0.25) is 0 Å². The molecule has 0 bridgehead atoms. The Balaban J connectivity index is 1.51. The molecule has 134 valence electrons. The molecule has 1 aliphatic carbocycles. The van der Waals surface area contributed by atoms with Crippen molar-refractivity contribution in [3.05, 3.63) is 54.1 Å². The van der Waals surface area contributed by atoms with Gasteiger partial charge in [0.1, 0.15) is 0 Å². The van der Waals surface area contributed by atoms with Crippen molar-refractivity contribution >= 4 is 16.9 Å². The van der Waals surface area contributed by atoms with Crippen LogP contribution in [-0.4, -0.2) is 26.9 Å². The molecule has 0 saturated heterocycles. The van der Waals surface area contributed by atoms with E-state index in [1.54, 1.807) is 6.33 Å². The van der Waals surface area contributed by atoms with Crippen molar-refractivity contribution in [1.29, 1.82) is 0 Å². The van der Waals surface area contributed by atoms with Gasteiger partial charge in [-0.15, -0.1) is 0 Å². The minimum atomic E-state index is 0.600. The lowest BCUT2D eigenvalue weighted by molar-refractivity contribution is 0.415. The average molecular weight is 357 g/mol. The smallest absolute Gasteiger partial charge is 0.157 e. The molecule has 5 heteroatoms. The molecule has 25 heavy (non-hydrogen) atoms. The normalized spacial score (nSPS) is 16.1. The number of amidine groups is 1. The summed E-state index contributed by atoms with van der Waals surface area (Å²) in [6.45, 7) is 0.753. The van der Waals surface area contributed by atoms with Crippen LogP contribution in [0.25, 0.3) is 0 Å². The van der Waals surface area contributed by atoms with E-state index >= 15 is 0 Å². The van der Waals surface area contributed by atoms with E-state index in [-0.39, 0.29) is 0 Å². The molecule has 1 aliphatic rings. The molecule has 3 rings (SSSR count). The number of benzene rings is 1. The minimum Gasteiger partial charge on any atom is -0.362 e. The van der Waals surface area contributed by atoms with Gasteiger partial charge in [-0.3, -0.25) is 4.99 Å². The number of rotatable bonds is 7. The lowest BCUT2D eigenvalue weighted by Gasteiger charge is -2.24. The summed E-state index contributed by atoms with van der Waals surface area (Å²) in [5.74, 6) is 1.08. The molecule has 0 aliphatic heterocycles. The van der Waals surface area contributed by atoms with E-state index in [0.29, 0.717) is 6.04 Å². The van der Waals surface area contributed by atoms with Gasteiger partial charge in [-0.05, 0) is 31.2 Å². The first-order valence-electron chi connectivity index (χ1n) is 9.35. The monoisotopic (exact) mass is 356 g/mol.